The maximum absolute atomic E-state index is 10.9. The van der Waals surface area contributed by atoms with Gasteiger partial charge in [-0.05, 0) is 12.8 Å². The molecule has 0 saturated carbocycles. The minimum atomic E-state index is -4.63. The maximum atomic E-state index is 10.9. The molecule has 0 amide bonds. The van der Waals surface area contributed by atoms with Crippen molar-refractivity contribution in [1.82, 2.24) is 0 Å². The Bertz CT molecular complexity index is 346. The third-order valence-corrected chi connectivity index (χ3v) is 2.97. The summed E-state index contributed by atoms with van der Waals surface area (Å²) in [6.45, 7) is 2.07. The van der Waals surface area contributed by atoms with Gasteiger partial charge in [0.15, 0.2) is 5.60 Å². The predicted molar refractivity (Wildman–Crippen MR) is 66.9 cm³/mol. The molecule has 0 aliphatic rings. The van der Waals surface area contributed by atoms with Gasteiger partial charge in [0.25, 0.3) is 0 Å². The maximum Gasteiger partial charge on any atom is 0.471 e. The topological polar surface area (TPSA) is 66.8 Å². The highest BCUT2D eigenvalue weighted by atomic mass is 31.2. The van der Waals surface area contributed by atoms with Crippen molar-refractivity contribution in [2.45, 2.75) is 51.0 Å². The Morgan fingerprint density at radius 2 is 1.94 bits per heavy atom. The van der Waals surface area contributed by atoms with E-state index in [9.17, 15) is 4.57 Å². The second-order valence-electron chi connectivity index (χ2n) is 3.91. The summed E-state index contributed by atoms with van der Waals surface area (Å²) in [4.78, 5) is 17.7. The van der Waals surface area contributed by atoms with E-state index in [-0.39, 0.29) is 6.42 Å². The predicted octanol–water partition coefficient (Wildman–Crippen LogP) is 2.46. The van der Waals surface area contributed by atoms with Gasteiger partial charge in [-0.3, -0.25) is 4.52 Å². The van der Waals surface area contributed by atoms with E-state index in [0.29, 0.717) is 6.42 Å². The number of phosphoric ester groups is 1. The first kappa shape index (κ1) is 16.2. The van der Waals surface area contributed by atoms with Crippen LogP contribution in [0.5, 0.6) is 0 Å². The number of phosphoric acid groups is 1. The van der Waals surface area contributed by atoms with E-state index in [1.165, 1.54) is 0 Å². The summed E-state index contributed by atoms with van der Waals surface area (Å²) in [5.74, 6) is 4.61. The molecule has 0 radical (unpaired) electrons. The lowest BCUT2D eigenvalue weighted by atomic mass is 9.94. The fourth-order valence-corrected chi connectivity index (χ4v) is 2.21. The van der Waals surface area contributed by atoms with Crippen LogP contribution >= 0.6 is 7.82 Å². The molecule has 0 aromatic carbocycles. The Balaban J connectivity index is 4.57. The average molecular weight is 258 g/mol. The van der Waals surface area contributed by atoms with Crippen molar-refractivity contribution < 1.29 is 18.9 Å². The molecular weight excluding hydrogens is 239 g/mol. The van der Waals surface area contributed by atoms with Crippen molar-refractivity contribution in [3.8, 4) is 24.7 Å². The smallest absolute Gasteiger partial charge is 0.303 e. The third kappa shape index (κ3) is 7.21. The summed E-state index contributed by atoms with van der Waals surface area (Å²) in [5.41, 5.74) is -1.35. The SMILES string of the molecule is C#CCC(C#C)(CCCCCC)OP(=O)(O)O. The first-order chi connectivity index (χ1) is 7.89. The summed E-state index contributed by atoms with van der Waals surface area (Å²) in [7, 11) is -4.63. The van der Waals surface area contributed by atoms with Crippen LogP contribution in [0.4, 0.5) is 0 Å². The zero-order valence-electron chi connectivity index (χ0n) is 10.1. The second kappa shape index (κ2) is 7.54. The normalized spacial score (nSPS) is 14.6. The number of hydrogen-bond donors (Lipinski definition) is 2. The molecule has 4 nitrogen and oxygen atoms in total. The first-order valence-corrected chi connectivity index (χ1v) is 7.09. The fraction of sp³-hybridized carbons (Fsp3) is 0.667. The molecule has 0 spiro atoms. The van der Waals surface area contributed by atoms with Crippen LogP contribution in [0.2, 0.25) is 0 Å². The Morgan fingerprint density at radius 3 is 2.35 bits per heavy atom. The van der Waals surface area contributed by atoms with Gasteiger partial charge in [0.2, 0.25) is 0 Å². The lowest BCUT2D eigenvalue weighted by Gasteiger charge is -2.26. The Hall–Kier alpha value is -0.770. The van der Waals surface area contributed by atoms with Gasteiger partial charge in [-0.25, -0.2) is 4.57 Å². The molecule has 0 aliphatic heterocycles. The van der Waals surface area contributed by atoms with E-state index >= 15 is 0 Å². The van der Waals surface area contributed by atoms with E-state index in [1.807, 2.05) is 0 Å². The van der Waals surface area contributed by atoms with Crippen molar-refractivity contribution in [3.05, 3.63) is 0 Å². The summed E-state index contributed by atoms with van der Waals surface area (Å²) in [5, 5.41) is 0. The van der Waals surface area contributed by atoms with Crippen LogP contribution in [0, 0.1) is 24.7 Å². The quantitative estimate of drug-likeness (QED) is 0.398. The summed E-state index contributed by atoms with van der Waals surface area (Å²) in [6, 6.07) is 0. The zero-order chi connectivity index (χ0) is 13.4. The molecule has 0 saturated heterocycles. The Morgan fingerprint density at radius 1 is 1.29 bits per heavy atom. The van der Waals surface area contributed by atoms with Crippen molar-refractivity contribution in [2.75, 3.05) is 0 Å². The first-order valence-electron chi connectivity index (χ1n) is 5.56. The molecule has 96 valence electrons. The molecule has 5 heteroatoms. The molecule has 0 aromatic heterocycles. The van der Waals surface area contributed by atoms with Crippen LogP contribution in [-0.2, 0) is 9.09 Å². The lowest BCUT2D eigenvalue weighted by Crippen LogP contribution is -2.29. The number of hydrogen-bond acceptors (Lipinski definition) is 2. The molecule has 0 aromatic rings. The molecule has 0 fully saturated rings. The van der Waals surface area contributed by atoms with Crippen molar-refractivity contribution in [1.29, 1.82) is 0 Å². The van der Waals surface area contributed by atoms with Crippen LogP contribution in [0.15, 0.2) is 0 Å². The number of terminal acetylenes is 2. The van der Waals surface area contributed by atoms with Gasteiger partial charge in [-0.1, -0.05) is 32.1 Å². The van der Waals surface area contributed by atoms with Gasteiger partial charge in [0.1, 0.15) is 0 Å². The van der Waals surface area contributed by atoms with E-state index in [1.54, 1.807) is 0 Å². The Kier molecular flexibility index (Phi) is 7.19. The van der Waals surface area contributed by atoms with Crippen molar-refractivity contribution in [3.63, 3.8) is 0 Å². The molecule has 0 rings (SSSR count). The molecule has 1 atom stereocenters. The van der Waals surface area contributed by atoms with Gasteiger partial charge in [-0.15, -0.1) is 18.8 Å². The highest BCUT2D eigenvalue weighted by Gasteiger charge is 2.35. The molecule has 0 aliphatic carbocycles. The van der Waals surface area contributed by atoms with E-state index in [0.717, 1.165) is 25.7 Å². The minimum absolute atomic E-state index is 0.000729. The molecular formula is C12H19O4P. The van der Waals surface area contributed by atoms with Gasteiger partial charge >= 0.3 is 7.82 Å². The number of unbranched alkanes of at least 4 members (excludes halogenated alkanes) is 3. The Labute approximate surface area is 103 Å². The molecule has 2 N–H and O–H groups in total. The van der Waals surface area contributed by atoms with E-state index in [4.69, 9.17) is 22.6 Å². The molecule has 0 bridgehead atoms. The highest BCUT2D eigenvalue weighted by molar-refractivity contribution is 7.46. The van der Waals surface area contributed by atoms with E-state index in [2.05, 4.69) is 23.3 Å². The summed E-state index contributed by atoms with van der Waals surface area (Å²) < 4.78 is 15.6. The van der Waals surface area contributed by atoms with E-state index < -0.39 is 13.4 Å². The summed E-state index contributed by atoms with van der Waals surface area (Å²) >= 11 is 0. The lowest BCUT2D eigenvalue weighted by molar-refractivity contribution is 0.0760. The standard InChI is InChI=1S/C12H19O4P/c1-4-7-8-9-11-12(6-3,10-5-2)16-17(13,14)15/h2-3H,4,7-11H2,1H3,(H2,13,14,15). The molecule has 1 unspecified atom stereocenters. The summed E-state index contributed by atoms with van der Waals surface area (Å²) in [6.07, 6.45) is 14.6. The minimum Gasteiger partial charge on any atom is -0.303 e. The third-order valence-electron chi connectivity index (χ3n) is 2.38. The largest absolute Gasteiger partial charge is 0.471 e. The van der Waals surface area contributed by atoms with Gasteiger partial charge in [0, 0.05) is 6.42 Å². The number of rotatable bonds is 8. The van der Waals surface area contributed by atoms with Crippen LogP contribution in [0.25, 0.3) is 0 Å². The average Bonchev–Trinajstić information content (AvgIpc) is 2.22. The fourth-order valence-electron chi connectivity index (χ4n) is 1.55. The van der Waals surface area contributed by atoms with Crippen LogP contribution < -0.4 is 0 Å². The molecule has 17 heavy (non-hydrogen) atoms. The van der Waals surface area contributed by atoms with Gasteiger partial charge in [0.05, 0.1) is 0 Å². The van der Waals surface area contributed by atoms with Crippen molar-refractivity contribution >= 4 is 7.82 Å². The highest BCUT2D eigenvalue weighted by Crippen LogP contribution is 2.44. The van der Waals surface area contributed by atoms with Crippen LogP contribution in [0.3, 0.4) is 0 Å². The van der Waals surface area contributed by atoms with Crippen molar-refractivity contribution in [2.24, 2.45) is 0 Å². The van der Waals surface area contributed by atoms with Gasteiger partial charge in [-0.2, -0.15) is 0 Å². The van der Waals surface area contributed by atoms with Gasteiger partial charge < -0.3 is 9.79 Å². The monoisotopic (exact) mass is 258 g/mol. The molecule has 0 heterocycles. The zero-order valence-corrected chi connectivity index (χ0v) is 10.9. The van der Waals surface area contributed by atoms with Crippen LogP contribution in [-0.4, -0.2) is 15.4 Å². The second-order valence-corrected chi connectivity index (χ2v) is 5.08. The van der Waals surface area contributed by atoms with Crippen LogP contribution in [0.1, 0.15) is 45.4 Å².